The molecule has 0 radical (unpaired) electrons. The van der Waals surface area contributed by atoms with Gasteiger partial charge in [-0.1, -0.05) is 0 Å². The largest absolute Gasteiger partial charge is 0.495 e. The van der Waals surface area contributed by atoms with Crippen LogP contribution >= 0.6 is 0 Å². The highest BCUT2D eigenvalue weighted by Crippen LogP contribution is 2.47. The maximum Gasteiger partial charge on any atom is 0.143 e. The highest BCUT2D eigenvalue weighted by Gasteiger charge is 2.29. The second-order valence-electron chi connectivity index (χ2n) is 5.03. The van der Waals surface area contributed by atoms with E-state index in [1.165, 1.54) is 24.1 Å². The van der Waals surface area contributed by atoms with Crippen LogP contribution in [0.2, 0.25) is 0 Å². The number of hydrogen-bond acceptors (Lipinski definition) is 4. The second kappa shape index (κ2) is 4.69. The number of anilines is 2. The quantitative estimate of drug-likeness (QED) is 0.831. The molecule has 2 aliphatic rings. The molecule has 0 spiro atoms. The van der Waals surface area contributed by atoms with Crippen molar-refractivity contribution in [1.82, 2.24) is 0 Å². The number of ether oxygens (including phenoxy) is 2. The van der Waals surface area contributed by atoms with Crippen LogP contribution in [-0.2, 0) is 4.74 Å². The molecule has 1 aromatic rings. The molecule has 98 valence electrons. The Labute approximate surface area is 108 Å². The maximum atomic E-state index is 6.03. The molecule has 0 atom stereocenters. The molecule has 1 aliphatic carbocycles. The molecule has 1 aliphatic heterocycles. The summed E-state index contributed by atoms with van der Waals surface area (Å²) in [5.74, 6) is 1.47. The van der Waals surface area contributed by atoms with E-state index in [0.717, 1.165) is 37.7 Å². The van der Waals surface area contributed by atoms with Gasteiger partial charge >= 0.3 is 0 Å². The molecule has 4 nitrogen and oxygen atoms in total. The topological polar surface area (TPSA) is 47.7 Å². The molecule has 0 amide bonds. The molecule has 1 saturated carbocycles. The van der Waals surface area contributed by atoms with E-state index in [-0.39, 0.29) is 0 Å². The molecule has 2 fully saturated rings. The highest BCUT2D eigenvalue weighted by atomic mass is 16.5. The normalized spacial score (nSPS) is 19.9. The van der Waals surface area contributed by atoms with E-state index in [0.29, 0.717) is 5.92 Å². The molecular weight excluding hydrogens is 228 g/mol. The van der Waals surface area contributed by atoms with Crippen molar-refractivity contribution in [1.29, 1.82) is 0 Å². The zero-order valence-corrected chi connectivity index (χ0v) is 10.8. The fourth-order valence-corrected chi connectivity index (χ4v) is 2.58. The van der Waals surface area contributed by atoms with Gasteiger partial charge < -0.3 is 20.1 Å². The molecule has 1 aromatic carbocycles. The van der Waals surface area contributed by atoms with Crippen molar-refractivity contribution in [2.75, 3.05) is 44.0 Å². The van der Waals surface area contributed by atoms with Crippen LogP contribution in [0.15, 0.2) is 12.1 Å². The third kappa shape index (κ3) is 2.12. The summed E-state index contributed by atoms with van der Waals surface area (Å²) in [6.07, 6.45) is 2.56. The van der Waals surface area contributed by atoms with Crippen molar-refractivity contribution < 1.29 is 9.47 Å². The lowest BCUT2D eigenvalue weighted by atomic mass is 10.0. The molecule has 18 heavy (non-hydrogen) atoms. The minimum atomic E-state index is 0.691. The fraction of sp³-hybridized carbons (Fsp3) is 0.571. The molecule has 0 unspecified atom stereocenters. The number of rotatable bonds is 3. The highest BCUT2D eigenvalue weighted by molar-refractivity contribution is 5.68. The van der Waals surface area contributed by atoms with Gasteiger partial charge in [-0.3, -0.25) is 0 Å². The monoisotopic (exact) mass is 248 g/mol. The minimum Gasteiger partial charge on any atom is -0.495 e. The average Bonchev–Trinajstić information content (AvgIpc) is 3.24. The van der Waals surface area contributed by atoms with Crippen LogP contribution in [0, 0.1) is 0 Å². The molecule has 1 saturated heterocycles. The van der Waals surface area contributed by atoms with Crippen LogP contribution in [0.1, 0.15) is 24.3 Å². The predicted octanol–water partition coefficient (Wildman–Crippen LogP) is 1.99. The Balaban J connectivity index is 1.98. The van der Waals surface area contributed by atoms with Gasteiger partial charge in [-0.05, 0) is 30.4 Å². The fourth-order valence-electron chi connectivity index (χ4n) is 2.58. The van der Waals surface area contributed by atoms with Crippen molar-refractivity contribution in [3.05, 3.63) is 17.7 Å². The van der Waals surface area contributed by atoms with Crippen LogP contribution in [0.4, 0.5) is 11.4 Å². The number of nitrogens with zero attached hydrogens (tertiary/aromatic N) is 1. The van der Waals surface area contributed by atoms with Crippen molar-refractivity contribution in [3.63, 3.8) is 0 Å². The first-order chi connectivity index (χ1) is 8.79. The zero-order chi connectivity index (χ0) is 12.5. The lowest BCUT2D eigenvalue weighted by Crippen LogP contribution is -2.36. The van der Waals surface area contributed by atoms with Gasteiger partial charge in [0, 0.05) is 24.8 Å². The standard InChI is InChI=1S/C14H20N2O2/c1-17-14-9-13(16-4-6-18-7-5-16)11(8-12(14)15)10-2-3-10/h8-10H,2-7,15H2,1H3. The van der Waals surface area contributed by atoms with Gasteiger partial charge in [0.1, 0.15) is 5.75 Å². The molecule has 0 bridgehead atoms. The van der Waals surface area contributed by atoms with Crippen LogP contribution in [-0.4, -0.2) is 33.4 Å². The summed E-state index contributed by atoms with van der Waals surface area (Å²) in [4.78, 5) is 2.39. The summed E-state index contributed by atoms with van der Waals surface area (Å²) in [7, 11) is 1.67. The van der Waals surface area contributed by atoms with Crippen molar-refractivity contribution in [2.45, 2.75) is 18.8 Å². The Morgan fingerprint density at radius 2 is 2.00 bits per heavy atom. The van der Waals surface area contributed by atoms with Crippen LogP contribution < -0.4 is 15.4 Å². The molecule has 4 heteroatoms. The first-order valence-corrected chi connectivity index (χ1v) is 6.59. The van der Waals surface area contributed by atoms with Crippen LogP contribution in [0.5, 0.6) is 5.75 Å². The summed E-state index contributed by atoms with van der Waals surface area (Å²) in [5.41, 5.74) is 9.44. The van der Waals surface area contributed by atoms with Crippen LogP contribution in [0.3, 0.4) is 0 Å². The predicted molar refractivity (Wildman–Crippen MR) is 72.4 cm³/mol. The number of hydrogen-bond donors (Lipinski definition) is 1. The van der Waals surface area contributed by atoms with E-state index in [1.807, 2.05) is 0 Å². The van der Waals surface area contributed by atoms with E-state index < -0.39 is 0 Å². The van der Waals surface area contributed by atoms with Gasteiger partial charge in [-0.15, -0.1) is 0 Å². The van der Waals surface area contributed by atoms with Gasteiger partial charge in [-0.2, -0.15) is 0 Å². The van der Waals surface area contributed by atoms with Crippen molar-refractivity contribution in [3.8, 4) is 5.75 Å². The number of benzene rings is 1. The van der Waals surface area contributed by atoms with Gasteiger partial charge in [0.05, 0.1) is 26.0 Å². The molecule has 2 N–H and O–H groups in total. The van der Waals surface area contributed by atoms with E-state index in [1.54, 1.807) is 7.11 Å². The van der Waals surface area contributed by atoms with Gasteiger partial charge in [0.2, 0.25) is 0 Å². The lowest BCUT2D eigenvalue weighted by Gasteiger charge is -2.31. The molecular formula is C14H20N2O2. The zero-order valence-electron chi connectivity index (χ0n) is 10.8. The van der Waals surface area contributed by atoms with E-state index in [2.05, 4.69) is 17.0 Å². The van der Waals surface area contributed by atoms with E-state index in [9.17, 15) is 0 Å². The SMILES string of the molecule is COc1cc(N2CCOCC2)c(C2CC2)cc1N. The average molecular weight is 248 g/mol. The summed E-state index contributed by atoms with van der Waals surface area (Å²) < 4.78 is 10.8. The first kappa shape index (κ1) is 11.7. The third-order valence-corrected chi connectivity index (χ3v) is 3.75. The van der Waals surface area contributed by atoms with Gasteiger partial charge in [-0.25, -0.2) is 0 Å². The summed E-state index contributed by atoms with van der Waals surface area (Å²) in [6.45, 7) is 3.51. The van der Waals surface area contributed by atoms with Crippen LogP contribution in [0.25, 0.3) is 0 Å². The van der Waals surface area contributed by atoms with E-state index >= 15 is 0 Å². The van der Waals surface area contributed by atoms with Crippen molar-refractivity contribution >= 4 is 11.4 Å². The van der Waals surface area contributed by atoms with Crippen molar-refractivity contribution in [2.24, 2.45) is 0 Å². The molecule has 1 heterocycles. The Morgan fingerprint density at radius 1 is 1.28 bits per heavy atom. The number of morpholine rings is 1. The summed E-state index contributed by atoms with van der Waals surface area (Å²) in [5, 5.41) is 0. The molecule has 3 rings (SSSR count). The smallest absolute Gasteiger partial charge is 0.143 e. The number of nitrogen functional groups attached to an aromatic ring is 1. The second-order valence-corrected chi connectivity index (χ2v) is 5.03. The Bertz CT molecular complexity index is 438. The van der Waals surface area contributed by atoms with Gasteiger partial charge in [0.25, 0.3) is 0 Å². The Morgan fingerprint density at radius 3 is 2.61 bits per heavy atom. The maximum absolute atomic E-state index is 6.03. The third-order valence-electron chi connectivity index (χ3n) is 3.75. The minimum absolute atomic E-state index is 0.691. The number of nitrogens with two attached hydrogens (primary N) is 1. The number of methoxy groups -OCH3 is 1. The molecule has 0 aromatic heterocycles. The Kier molecular flexibility index (Phi) is 3.04. The summed E-state index contributed by atoms with van der Waals surface area (Å²) >= 11 is 0. The Hall–Kier alpha value is -1.42. The first-order valence-electron chi connectivity index (χ1n) is 6.59. The van der Waals surface area contributed by atoms with E-state index in [4.69, 9.17) is 15.2 Å². The summed E-state index contributed by atoms with van der Waals surface area (Å²) in [6, 6.07) is 4.19. The lowest BCUT2D eigenvalue weighted by molar-refractivity contribution is 0.122. The van der Waals surface area contributed by atoms with Gasteiger partial charge in [0.15, 0.2) is 0 Å².